The highest BCUT2D eigenvalue weighted by atomic mass is 16.3. The van der Waals surface area contributed by atoms with E-state index in [4.69, 9.17) is 23.2 Å². The van der Waals surface area contributed by atoms with Gasteiger partial charge in [0.1, 0.15) is 33.4 Å². The molecule has 5 heteroatoms. The number of furan rings is 3. The maximum atomic E-state index is 6.31. The van der Waals surface area contributed by atoms with E-state index >= 15 is 0 Å². The molecule has 4 aromatic heterocycles. The molecule has 8 aromatic carbocycles. The molecule has 0 amide bonds. The zero-order chi connectivity index (χ0) is 36.0. The summed E-state index contributed by atoms with van der Waals surface area (Å²) in [5, 5.41) is 5.45. The van der Waals surface area contributed by atoms with Gasteiger partial charge >= 0.3 is 0 Å². The molecule has 55 heavy (non-hydrogen) atoms. The van der Waals surface area contributed by atoms with E-state index < -0.39 is 0 Å². The van der Waals surface area contributed by atoms with Gasteiger partial charge in [-0.2, -0.15) is 0 Å². The van der Waals surface area contributed by atoms with Gasteiger partial charge < -0.3 is 13.3 Å². The fourth-order valence-corrected chi connectivity index (χ4v) is 8.19. The lowest BCUT2D eigenvalue weighted by atomic mass is 9.98. The van der Waals surface area contributed by atoms with E-state index in [2.05, 4.69) is 133 Å². The maximum Gasteiger partial charge on any atom is 0.246 e. The fraction of sp³-hybridized carbons (Fsp3) is 0. The molecule has 0 bridgehead atoms. The number of rotatable bonds is 4. The molecule has 0 aliphatic carbocycles. The second kappa shape index (κ2) is 11.5. The van der Waals surface area contributed by atoms with E-state index in [0.29, 0.717) is 5.71 Å². The highest BCUT2D eigenvalue weighted by Gasteiger charge is 2.16. The van der Waals surface area contributed by atoms with Crippen LogP contribution in [0.2, 0.25) is 0 Å². The van der Waals surface area contributed by atoms with Crippen molar-refractivity contribution >= 4 is 77.1 Å². The molecule has 12 aromatic rings. The summed E-state index contributed by atoms with van der Waals surface area (Å²) in [4.78, 5) is 10.0. The second-order valence-corrected chi connectivity index (χ2v) is 14.1. The Morgan fingerprint density at radius 2 is 0.800 bits per heavy atom. The van der Waals surface area contributed by atoms with Crippen LogP contribution >= 0.6 is 0 Å². The topological polar surface area (TPSA) is 65.2 Å². The molecule has 0 N–H and O–H groups in total. The van der Waals surface area contributed by atoms with Crippen LogP contribution in [0.4, 0.5) is 0 Å². The minimum absolute atomic E-state index is 0.533. The van der Waals surface area contributed by atoms with Crippen LogP contribution in [-0.2, 0) is 0 Å². The van der Waals surface area contributed by atoms with Crippen LogP contribution in [0.25, 0.3) is 122 Å². The largest absolute Gasteiger partial charge is 0.455 e. The van der Waals surface area contributed by atoms with Crippen molar-refractivity contribution in [3.8, 4) is 44.5 Å². The fourth-order valence-electron chi connectivity index (χ4n) is 8.19. The van der Waals surface area contributed by atoms with Gasteiger partial charge in [-0.05, 0) is 69.8 Å². The zero-order valence-corrected chi connectivity index (χ0v) is 29.3. The first kappa shape index (κ1) is 30.0. The Bertz CT molecular complexity index is 3470. The van der Waals surface area contributed by atoms with Gasteiger partial charge in [0.25, 0.3) is 0 Å². The lowest BCUT2D eigenvalue weighted by molar-refractivity contribution is 0.655. The van der Waals surface area contributed by atoms with Crippen LogP contribution in [0.15, 0.2) is 183 Å². The molecule has 0 aliphatic heterocycles. The van der Waals surface area contributed by atoms with E-state index in [0.717, 1.165) is 116 Å². The summed E-state index contributed by atoms with van der Waals surface area (Å²) in [5.41, 5.74) is 16.0. The van der Waals surface area contributed by atoms with E-state index in [1.165, 1.54) is 0 Å². The van der Waals surface area contributed by atoms with Crippen molar-refractivity contribution < 1.29 is 13.3 Å². The number of fused-ring (bicyclic) bond motifs is 10. The van der Waals surface area contributed by atoms with Gasteiger partial charge in [0, 0.05) is 38.1 Å². The number of hydrogen-bond acceptors (Lipinski definition) is 5. The molecule has 0 aliphatic rings. The van der Waals surface area contributed by atoms with Crippen molar-refractivity contribution in [2.24, 2.45) is 0 Å². The van der Waals surface area contributed by atoms with Crippen molar-refractivity contribution in [3.05, 3.63) is 170 Å². The molecule has 0 atom stereocenters. The summed E-state index contributed by atoms with van der Waals surface area (Å²) in [6, 6.07) is 58.9. The van der Waals surface area contributed by atoms with Crippen LogP contribution in [0, 0.1) is 0 Å². The van der Waals surface area contributed by atoms with E-state index in [1.807, 2.05) is 36.4 Å². The predicted molar refractivity (Wildman–Crippen MR) is 223 cm³/mol. The molecular formula is C50H28N2O3. The maximum absolute atomic E-state index is 6.31. The first-order valence-electron chi connectivity index (χ1n) is 18.4. The van der Waals surface area contributed by atoms with Crippen molar-refractivity contribution in [2.75, 3.05) is 0 Å². The van der Waals surface area contributed by atoms with Gasteiger partial charge in [0.05, 0.1) is 11.0 Å². The molecule has 4 heterocycles. The van der Waals surface area contributed by atoms with Gasteiger partial charge in [-0.1, -0.05) is 133 Å². The average Bonchev–Trinajstić information content (AvgIpc) is 3.93. The quantitative estimate of drug-likeness (QED) is 0.182. The van der Waals surface area contributed by atoms with Crippen molar-refractivity contribution in [2.45, 2.75) is 0 Å². The van der Waals surface area contributed by atoms with E-state index in [9.17, 15) is 0 Å². The van der Waals surface area contributed by atoms with Crippen molar-refractivity contribution in [1.29, 1.82) is 0 Å². The number of aromatic nitrogens is 2. The van der Waals surface area contributed by atoms with Crippen LogP contribution < -0.4 is 0 Å². The molecule has 0 saturated carbocycles. The predicted octanol–water partition coefficient (Wildman–Crippen LogP) is 14.0. The Morgan fingerprint density at radius 1 is 0.309 bits per heavy atom. The Morgan fingerprint density at radius 3 is 1.42 bits per heavy atom. The average molecular weight is 705 g/mol. The third-order valence-electron chi connectivity index (χ3n) is 10.9. The molecule has 0 spiro atoms. The number of hydrogen-bond donors (Lipinski definition) is 0. The summed E-state index contributed by atoms with van der Waals surface area (Å²) in [6.45, 7) is 0. The lowest BCUT2D eigenvalue weighted by Gasteiger charge is -2.07. The first-order chi connectivity index (χ1) is 27.2. The van der Waals surface area contributed by atoms with Gasteiger partial charge in [-0.25, -0.2) is 9.97 Å². The zero-order valence-electron chi connectivity index (χ0n) is 29.3. The molecule has 12 rings (SSSR count). The number of nitrogens with zero attached hydrogens (tertiary/aromatic N) is 2. The van der Waals surface area contributed by atoms with Gasteiger partial charge in [0.15, 0.2) is 0 Å². The summed E-state index contributed by atoms with van der Waals surface area (Å²) >= 11 is 0. The molecule has 0 radical (unpaired) electrons. The Hall–Kier alpha value is -7.50. The van der Waals surface area contributed by atoms with Crippen molar-refractivity contribution in [3.63, 3.8) is 0 Å². The molecular weight excluding hydrogens is 677 g/mol. The van der Waals surface area contributed by atoms with Gasteiger partial charge in [-0.15, -0.1) is 0 Å². The smallest absolute Gasteiger partial charge is 0.246 e. The summed E-state index contributed by atoms with van der Waals surface area (Å²) < 4.78 is 18.8. The van der Waals surface area contributed by atoms with E-state index in [-0.39, 0.29) is 0 Å². The van der Waals surface area contributed by atoms with Gasteiger partial charge in [-0.3, -0.25) is 0 Å². The SMILES string of the molecule is c1ccc2c(c1)oc1c(-c3ccc(-c4ccc5nc6oc7ccc(-c8ccc(-c9cccc%10c9oc9ccccc9%10)cc8)cc7c6nc5c4)cc3)cccc12. The monoisotopic (exact) mass is 704 g/mol. The minimum Gasteiger partial charge on any atom is -0.455 e. The Labute approximate surface area is 313 Å². The number of benzene rings is 8. The molecule has 0 saturated heterocycles. The van der Waals surface area contributed by atoms with E-state index in [1.54, 1.807) is 0 Å². The van der Waals surface area contributed by atoms with Crippen LogP contribution in [0.3, 0.4) is 0 Å². The third kappa shape index (κ3) is 4.66. The Kier molecular flexibility index (Phi) is 6.27. The highest BCUT2D eigenvalue weighted by molar-refractivity contribution is 6.11. The third-order valence-corrected chi connectivity index (χ3v) is 10.9. The molecule has 256 valence electrons. The second-order valence-electron chi connectivity index (χ2n) is 14.1. The minimum atomic E-state index is 0.533. The van der Waals surface area contributed by atoms with Crippen molar-refractivity contribution in [1.82, 2.24) is 9.97 Å². The molecule has 0 fully saturated rings. The number of para-hydroxylation sites is 4. The van der Waals surface area contributed by atoms with Gasteiger partial charge in [0.2, 0.25) is 5.71 Å². The van der Waals surface area contributed by atoms with Crippen LogP contribution in [-0.4, -0.2) is 9.97 Å². The summed E-state index contributed by atoms with van der Waals surface area (Å²) in [5.74, 6) is 0. The standard InChI is InChI=1S/C50H28N2O3/c1-3-13-44-37(7-1)39-11-5-9-35(48(39)53-44)31-19-15-29(16-20-31)33-24-26-46-41(27-33)47-50(55-46)52-42-25-23-34(28-43(42)51-47)30-17-21-32(22-18-30)36-10-6-12-40-38-8-2-4-14-45(38)54-49(36)40/h1-28H. The Balaban J connectivity index is 0.882. The normalized spacial score (nSPS) is 12.0. The van der Waals surface area contributed by atoms with Crippen LogP contribution in [0.1, 0.15) is 0 Å². The lowest BCUT2D eigenvalue weighted by Crippen LogP contribution is -1.87. The summed E-state index contributed by atoms with van der Waals surface area (Å²) in [6.07, 6.45) is 0. The highest BCUT2D eigenvalue weighted by Crippen LogP contribution is 2.39. The molecule has 0 unspecified atom stereocenters. The molecule has 5 nitrogen and oxygen atoms in total. The van der Waals surface area contributed by atoms with Crippen LogP contribution in [0.5, 0.6) is 0 Å². The first-order valence-corrected chi connectivity index (χ1v) is 18.4. The summed E-state index contributed by atoms with van der Waals surface area (Å²) in [7, 11) is 0.